The lowest BCUT2D eigenvalue weighted by Crippen LogP contribution is -2.33. The molecule has 2 aromatic carbocycles. The number of amides is 3. The molecule has 2 heterocycles. The Morgan fingerprint density at radius 3 is 2.33 bits per heavy atom. The minimum absolute atomic E-state index is 0.206. The fourth-order valence-electron chi connectivity index (χ4n) is 3.63. The van der Waals surface area contributed by atoms with Crippen molar-refractivity contribution < 1.29 is 14.4 Å². The lowest BCUT2D eigenvalue weighted by Gasteiger charge is -2.17. The molecule has 7 heteroatoms. The van der Waals surface area contributed by atoms with E-state index >= 15 is 0 Å². The van der Waals surface area contributed by atoms with Crippen LogP contribution in [0.3, 0.4) is 0 Å². The Labute approximate surface area is 177 Å². The first-order chi connectivity index (χ1) is 14.4. The minimum atomic E-state index is -0.623. The Hall–Kier alpha value is -3.71. The Morgan fingerprint density at radius 1 is 1.07 bits per heavy atom. The molecule has 1 aromatic heterocycles. The molecule has 0 fully saturated rings. The number of fused-ring (bicyclic) bond motifs is 1. The van der Waals surface area contributed by atoms with E-state index in [1.54, 1.807) is 18.2 Å². The summed E-state index contributed by atoms with van der Waals surface area (Å²) < 4.78 is 0. The van der Waals surface area contributed by atoms with Gasteiger partial charge in [0.15, 0.2) is 0 Å². The first-order valence-corrected chi connectivity index (χ1v) is 10.1. The third kappa shape index (κ3) is 3.29. The summed E-state index contributed by atoms with van der Waals surface area (Å²) in [4.78, 5) is 39.8. The van der Waals surface area contributed by atoms with Crippen LogP contribution in [0.2, 0.25) is 0 Å². The lowest BCUT2D eigenvalue weighted by atomic mass is 10.0. The molecule has 30 heavy (non-hydrogen) atoms. The highest BCUT2D eigenvalue weighted by molar-refractivity contribution is 7.17. The highest BCUT2D eigenvalue weighted by atomic mass is 32.1. The van der Waals surface area contributed by atoms with Crippen molar-refractivity contribution >= 4 is 39.8 Å². The van der Waals surface area contributed by atoms with E-state index in [1.807, 2.05) is 43.3 Å². The third-order valence-electron chi connectivity index (χ3n) is 4.99. The molecule has 3 N–H and O–H groups in total. The van der Waals surface area contributed by atoms with Crippen LogP contribution < -0.4 is 11.1 Å². The fourth-order valence-corrected chi connectivity index (χ4v) is 4.73. The molecule has 3 aromatic rings. The maximum absolute atomic E-state index is 12.8. The van der Waals surface area contributed by atoms with Crippen molar-refractivity contribution in [2.75, 3.05) is 11.9 Å². The van der Waals surface area contributed by atoms with Crippen LogP contribution in [0.1, 0.15) is 31.2 Å². The van der Waals surface area contributed by atoms with Gasteiger partial charge in [-0.2, -0.15) is 0 Å². The number of nitrogens with zero attached hydrogens (tertiary/aromatic N) is 1. The molecule has 4 rings (SSSR count). The van der Waals surface area contributed by atoms with Gasteiger partial charge in [-0.1, -0.05) is 55.1 Å². The van der Waals surface area contributed by atoms with Gasteiger partial charge in [0.2, 0.25) is 5.91 Å². The van der Waals surface area contributed by atoms with Crippen LogP contribution in [-0.4, -0.2) is 29.2 Å². The molecule has 0 saturated carbocycles. The van der Waals surface area contributed by atoms with Gasteiger partial charge in [-0.3, -0.25) is 19.3 Å². The molecule has 1 aliphatic heterocycles. The number of carbonyl (C=O) groups excluding carboxylic acids is 3. The van der Waals surface area contributed by atoms with Gasteiger partial charge >= 0.3 is 0 Å². The van der Waals surface area contributed by atoms with Crippen LogP contribution in [0.5, 0.6) is 0 Å². The predicted octanol–water partition coefficient (Wildman–Crippen LogP) is 3.89. The highest BCUT2D eigenvalue weighted by Crippen LogP contribution is 2.39. The number of hydrogen-bond acceptors (Lipinski definition) is 4. The monoisotopic (exact) mass is 417 g/mol. The number of nitrogens with one attached hydrogen (secondary N) is 1. The molecule has 0 saturated heterocycles. The van der Waals surface area contributed by atoms with Gasteiger partial charge in [-0.15, -0.1) is 11.3 Å². The number of rotatable bonds is 5. The zero-order chi connectivity index (χ0) is 21.4. The predicted molar refractivity (Wildman–Crippen MR) is 118 cm³/mol. The SMILES string of the molecule is C=C1c2ccccc2C(=O)N1CC(=O)Nc1sc(C)c(-c2ccccc2)c1C(N)=O. The van der Waals surface area contributed by atoms with Crippen molar-refractivity contribution in [2.45, 2.75) is 6.92 Å². The van der Waals surface area contributed by atoms with E-state index in [0.29, 0.717) is 27.4 Å². The van der Waals surface area contributed by atoms with Gasteiger partial charge in [0.1, 0.15) is 11.5 Å². The first kappa shape index (κ1) is 19.6. The summed E-state index contributed by atoms with van der Waals surface area (Å²) in [5.41, 5.74) is 9.18. The Kier molecular flexibility index (Phi) is 4.97. The molecule has 3 amide bonds. The summed E-state index contributed by atoms with van der Waals surface area (Å²) in [6, 6.07) is 16.5. The van der Waals surface area contributed by atoms with Gasteiger partial charge < -0.3 is 11.1 Å². The Bertz CT molecular complexity index is 1160. The van der Waals surface area contributed by atoms with Crippen LogP contribution in [0.25, 0.3) is 16.8 Å². The van der Waals surface area contributed by atoms with Crippen LogP contribution in [0.4, 0.5) is 5.00 Å². The zero-order valence-corrected chi connectivity index (χ0v) is 17.1. The second-order valence-electron chi connectivity index (χ2n) is 6.90. The molecular formula is C23H19N3O3S. The van der Waals surface area contributed by atoms with Gasteiger partial charge in [0.05, 0.1) is 5.56 Å². The molecule has 6 nitrogen and oxygen atoms in total. The topological polar surface area (TPSA) is 92.5 Å². The van der Waals surface area contributed by atoms with Gasteiger partial charge in [0, 0.05) is 27.3 Å². The van der Waals surface area contributed by atoms with Gasteiger partial charge in [-0.25, -0.2) is 0 Å². The number of carbonyl (C=O) groups is 3. The highest BCUT2D eigenvalue weighted by Gasteiger charge is 2.32. The standard InChI is InChI=1S/C23H19N3O3S/c1-13-16-10-6-7-11-17(16)23(29)26(13)12-18(27)25-22-20(21(24)28)19(14(2)30-22)15-8-4-3-5-9-15/h3-11H,1,12H2,2H3,(H2,24,28)(H,25,27). The van der Waals surface area contributed by atoms with E-state index in [1.165, 1.54) is 16.2 Å². The normalized spacial score (nSPS) is 12.8. The number of nitrogens with two attached hydrogens (primary N) is 1. The maximum Gasteiger partial charge on any atom is 0.259 e. The Morgan fingerprint density at radius 2 is 1.70 bits per heavy atom. The molecule has 0 radical (unpaired) electrons. The van der Waals surface area contributed by atoms with E-state index in [0.717, 1.165) is 10.4 Å². The van der Waals surface area contributed by atoms with Crippen molar-refractivity contribution in [1.29, 1.82) is 0 Å². The summed E-state index contributed by atoms with van der Waals surface area (Å²) in [7, 11) is 0. The maximum atomic E-state index is 12.8. The van der Waals surface area contributed by atoms with E-state index < -0.39 is 11.8 Å². The molecule has 0 aliphatic carbocycles. The smallest absolute Gasteiger partial charge is 0.259 e. The van der Waals surface area contributed by atoms with Crippen LogP contribution in [0, 0.1) is 6.92 Å². The summed E-state index contributed by atoms with van der Waals surface area (Å²) >= 11 is 1.28. The van der Waals surface area contributed by atoms with Crippen molar-refractivity contribution in [3.63, 3.8) is 0 Å². The number of thiophene rings is 1. The lowest BCUT2D eigenvalue weighted by molar-refractivity contribution is -0.116. The van der Waals surface area contributed by atoms with Crippen LogP contribution in [0.15, 0.2) is 61.2 Å². The average molecular weight is 417 g/mol. The third-order valence-corrected chi connectivity index (χ3v) is 6.01. The molecule has 1 aliphatic rings. The molecule has 0 bridgehead atoms. The van der Waals surface area contributed by atoms with Gasteiger partial charge in [-0.05, 0) is 18.6 Å². The quantitative estimate of drug-likeness (QED) is 0.660. The second kappa shape index (κ2) is 7.61. The molecule has 0 unspecified atom stereocenters. The van der Waals surface area contributed by atoms with Crippen molar-refractivity contribution in [2.24, 2.45) is 5.73 Å². The number of hydrogen-bond donors (Lipinski definition) is 2. The molecule has 0 spiro atoms. The number of aryl methyl sites for hydroxylation is 1. The molecule has 150 valence electrons. The first-order valence-electron chi connectivity index (χ1n) is 9.27. The number of primary amides is 1. The van der Waals surface area contributed by atoms with Crippen LogP contribution in [-0.2, 0) is 4.79 Å². The average Bonchev–Trinajstić information content (AvgIpc) is 3.18. The zero-order valence-electron chi connectivity index (χ0n) is 16.3. The largest absolute Gasteiger partial charge is 0.365 e. The van der Waals surface area contributed by atoms with E-state index in [4.69, 9.17) is 5.73 Å². The summed E-state index contributed by atoms with van der Waals surface area (Å²) in [6.45, 7) is 5.61. The van der Waals surface area contributed by atoms with Crippen molar-refractivity contribution in [3.05, 3.63) is 82.7 Å². The Balaban J connectivity index is 1.60. The number of benzene rings is 2. The van der Waals surface area contributed by atoms with Crippen molar-refractivity contribution in [3.8, 4) is 11.1 Å². The number of anilines is 1. The second-order valence-corrected chi connectivity index (χ2v) is 8.12. The molecular weight excluding hydrogens is 398 g/mol. The summed E-state index contributed by atoms with van der Waals surface area (Å²) in [5, 5.41) is 3.14. The molecule has 0 atom stereocenters. The van der Waals surface area contributed by atoms with E-state index in [-0.39, 0.29) is 18.0 Å². The van der Waals surface area contributed by atoms with Gasteiger partial charge in [0.25, 0.3) is 11.8 Å². The summed E-state index contributed by atoms with van der Waals surface area (Å²) in [5.74, 6) is -1.32. The van der Waals surface area contributed by atoms with E-state index in [9.17, 15) is 14.4 Å². The van der Waals surface area contributed by atoms with E-state index in [2.05, 4.69) is 11.9 Å². The summed E-state index contributed by atoms with van der Waals surface area (Å²) in [6.07, 6.45) is 0. The minimum Gasteiger partial charge on any atom is -0.365 e. The van der Waals surface area contributed by atoms with Crippen molar-refractivity contribution in [1.82, 2.24) is 4.90 Å². The van der Waals surface area contributed by atoms with Crippen LogP contribution >= 0.6 is 11.3 Å². The fraction of sp³-hybridized carbons (Fsp3) is 0.0870.